The summed E-state index contributed by atoms with van der Waals surface area (Å²) in [5.41, 5.74) is -5.54. The van der Waals surface area contributed by atoms with Gasteiger partial charge in [-0.25, -0.2) is 0 Å². The molecule has 2 aromatic carbocycles. The van der Waals surface area contributed by atoms with Gasteiger partial charge in [0.25, 0.3) is 8.32 Å². The van der Waals surface area contributed by atoms with E-state index in [4.69, 9.17) is 4.43 Å². The molecule has 40 heavy (non-hydrogen) atoms. The summed E-state index contributed by atoms with van der Waals surface area (Å²) in [6.45, 7) is 9.75. The van der Waals surface area contributed by atoms with Crippen LogP contribution in [0.15, 0.2) is 60.7 Å². The van der Waals surface area contributed by atoms with Gasteiger partial charge < -0.3 is 9.53 Å². The predicted octanol–water partition coefficient (Wildman–Crippen LogP) is 5.63. The number of halogens is 3. The van der Waals surface area contributed by atoms with Crippen LogP contribution >= 0.6 is 23.5 Å². The molecule has 2 unspecified atom stereocenters. The number of alkyl halides is 3. The average molecular weight is 637 g/mol. The highest BCUT2D eigenvalue weighted by Gasteiger charge is 2.53. The molecule has 0 bridgehead atoms. The molecule has 3 atom stereocenters. The van der Waals surface area contributed by atoms with Crippen LogP contribution in [0.5, 0.6) is 0 Å². The second kappa shape index (κ2) is 13.1. The predicted molar refractivity (Wildman–Crippen MR) is 161 cm³/mol. The number of thioether (sulfide) groups is 2. The summed E-state index contributed by atoms with van der Waals surface area (Å²) in [6, 6.07) is 20.5. The van der Waals surface area contributed by atoms with Gasteiger partial charge in [0.2, 0.25) is 0 Å². The van der Waals surface area contributed by atoms with Gasteiger partial charge in [0.1, 0.15) is 0 Å². The lowest BCUT2D eigenvalue weighted by molar-refractivity contribution is -0.0578. The first kappa shape index (κ1) is 33.5. The maximum Gasteiger partial charge on any atom is 0.523 e. The third kappa shape index (κ3) is 6.95. The van der Waals surface area contributed by atoms with Crippen molar-refractivity contribution in [2.75, 3.05) is 24.7 Å². The Labute approximate surface area is 245 Å². The smallest absolute Gasteiger partial charge is 0.407 e. The molecule has 1 N–H and O–H groups in total. The molecule has 12 heteroatoms. The topological polar surface area (TPSA) is 72.8 Å². The number of hydrogen-bond acceptors (Lipinski definition) is 7. The molecule has 1 aliphatic heterocycles. The van der Waals surface area contributed by atoms with Gasteiger partial charge in [0, 0.05) is 18.4 Å². The van der Waals surface area contributed by atoms with E-state index in [9.17, 15) is 26.7 Å². The molecule has 2 aromatic rings. The number of benzene rings is 2. The molecule has 1 saturated heterocycles. The first-order valence-corrected chi connectivity index (χ1v) is 18.5. The highest BCUT2D eigenvalue weighted by molar-refractivity contribution is 8.18. The fraction of sp³-hybridized carbons (Fsp3) is 0.571. The molecule has 1 fully saturated rings. The summed E-state index contributed by atoms with van der Waals surface area (Å²) in [4.78, 5) is 0. The molecule has 0 spiro atoms. The van der Waals surface area contributed by atoms with Crippen molar-refractivity contribution in [2.45, 2.75) is 61.8 Å². The van der Waals surface area contributed by atoms with Crippen molar-refractivity contribution < 1.29 is 35.3 Å². The molecule has 3 rings (SSSR count). The molecule has 0 amide bonds. The lowest BCUT2D eigenvalue weighted by Gasteiger charge is -2.49. The maximum absolute atomic E-state index is 12.8. The van der Waals surface area contributed by atoms with Crippen LogP contribution in [0.2, 0.25) is 5.04 Å². The summed E-state index contributed by atoms with van der Waals surface area (Å²) in [7, 11) is -8.64. The lowest BCUT2D eigenvalue weighted by atomic mass is 9.92. The van der Waals surface area contributed by atoms with E-state index in [0.717, 1.165) is 28.3 Å². The van der Waals surface area contributed by atoms with Crippen LogP contribution in [0.1, 0.15) is 41.0 Å². The number of aliphatic hydroxyl groups is 1. The standard InChI is InChI=1S/C28H39F3O5S3Si/c1-21(27(37-17-12-18-38-27)22(2)25(32)20-35-39(33,34)28(29,30)31)19-36-40(26(3,4)5,23-13-8-6-9-14-23)24-15-10-7-11-16-24/h6-11,13-16,21-22,25,32H,12,17-20H2,1-5H3/t21-,22?,25?/m0/s1. The summed E-state index contributed by atoms with van der Waals surface area (Å²) < 4.78 is 72.1. The second-order valence-corrected chi connectivity index (χ2v) is 20.1. The fourth-order valence-electron chi connectivity index (χ4n) is 5.33. The fourth-order valence-corrected chi connectivity index (χ4v) is 14.2. The Morgan fingerprint density at radius 1 is 0.925 bits per heavy atom. The van der Waals surface area contributed by atoms with Gasteiger partial charge in [-0.2, -0.15) is 21.6 Å². The van der Waals surface area contributed by atoms with E-state index in [1.54, 1.807) is 30.4 Å². The Bertz CT molecular complexity index is 1150. The van der Waals surface area contributed by atoms with E-state index in [1.807, 2.05) is 43.3 Å². The molecule has 0 aliphatic carbocycles. The van der Waals surface area contributed by atoms with Gasteiger partial charge in [-0.05, 0) is 33.3 Å². The Morgan fingerprint density at radius 3 is 1.82 bits per heavy atom. The summed E-state index contributed by atoms with van der Waals surface area (Å²) in [5, 5.41) is 12.9. The van der Waals surface area contributed by atoms with Crippen LogP contribution < -0.4 is 10.4 Å². The van der Waals surface area contributed by atoms with Gasteiger partial charge in [-0.3, -0.25) is 4.18 Å². The SMILES string of the molecule is CC(C(O)COS(=O)(=O)C(F)(F)F)C1([C@@H](C)CO[Si](c2ccccc2)(c2ccccc2)C(C)(C)C)SCCCS1. The van der Waals surface area contributed by atoms with Crippen molar-refractivity contribution in [1.82, 2.24) is 0 Å². The van der Waals surface area contributed by atoms with Crippen molar-refractivity contribution in [3.05, 3.63) is 60.7 Å². The van der Waals surface area contributed by atoms with Crippen LogP contribution in [-0.2, 0) is 18.7 Å². The van der Waals surface area contributed by atoms with Crippen molar-refractivity contribution in [2.24, 2.45) is 11.8 Å². The van der Waals surface area contributed by atoms with Gasteiger partial charge in [0.05, 0.1) is 16.8 Å². The first-order valence-electron chi connectivity index (χ1n) is 13.2. The normalized spacial score (nSPS) is 19.1. The molecule has 224 valence electrons. The van der Waals surface area contributed by atoms with E-state index < -0.39 is 46.7 Å². The highest BCUT2D eigenvalue weighted by Crippen LogP contribution is 2.54. The van der Waals surface area contributed by atoms with Crippen molar-refractivity contribution >= 4 is 52.3 Å². The van der Waals surface area contributed by atoms with Crippen molar-refractivity contribution in [1.29, 1.82) is 0 Å². The third-order valence-electron chi connectivity index (χ3n) is 7.49. The highest BCUT2D eigenvalue weighted by atomic mass is 32.2. The van der Waals surface area contributed by atoms with Gasteiger partial charge in [-0.1, -0.05) is 95.3 Å². The summed E-state index contributed by atoms with van der Waals surface area (Å²) in [5.74, 6) is 0.919. The summed E-state index contributed by atoms with van der Waals surface area (Å²) in [6.07, 6.45) is -0.466. The van der Waals surface area contributed by atoms with Crippen molar-refractivity contribution in [3.8, 4) is 0 Å². The van der Waals surface area contributed by atoms with Gasteiger partial charge >= 0.3 is 15.6 Å². The molecule has 0 saturated carbocycles. The van der Waals surface area contributed by atoms with Crippen LogP contribution in [0.4, 0.5) is 13.2 Å². The van der Waals surface area contributed by atoms with E-state index in [2.05, 4.69) is 49.2 Å². The monoisotopic (exact) mass is 636 g/mol. The zero-order valence-electron chi connectivity index (χ0n) is 23.5. The number of aliphatic hydroxyl groups excluding tert-OH is 1. The molecular weight excluding hydrogens is 598 g/mol. The maximum atomic E-state index is 12.8. The zero-order chi connectivity index (χ0) is 29.8. The lowest BCUT2D eigenvalue weighted by Crippen LogP contribution is -2.67. The number of hydrogen-bond donors (Lipinski definition) is 1. The Morgan fingerprint density at radius 2 is 1.40 bits per heavy atom. The van der Waals surface area contributed by atoms with Gasteiger partial charge in [0.15, 0.2) is 0 Å². The average Bonchev–Trinajstić information content (AvgIpc) is 2.91. The second-order valence-electron chi connectivity index (χ2n) is 11.2. The van der Waals surface area contributed by atoms with Crippen LogP contribution in [0.25, 0.3) is 0 Å². The molecule has 1 heterocycles. The van der Waals surface area contributed by atoms with Crippen LogP contribution in [-0.4, -0.2) is 62.3 Å². The van der Waals surface area contributed by atoms with E-state index in [-0.39, 0.29) is 11.0 Å². The molecule has 0 radical (unpaired) electrons. The Balaban J connectivity index is 1.93. The molecular formula is C28H39F3O5S3Si. The molecule has 0 aromatic heterocycles. The van der Waals surface area contributed by atoms with E-state index in [0.29, 0.717) is 6.61 Å². The summed E-state index contributed by atoms with van der Waals surface area (Å²) >= 11 is 3.31. The molecule has 1 aliphatic rings. The number of rotatable bonds is 11. The van der Waals surface area contributed by atoms with Gasteiger partial charge in [-0.15, -0.1) is 23.5 Å². The Hall–Kier alpha value is -1.02. The largest absolute Gasteiger partial charge is 0.523 e. The minimum absolute atomic E-state index is 0.131. The van der Waals surface area contributed by atoms with Crippen LogP contribution in [0.3, 0.4) is 0 Å². The minimum atomic E-state index is -5.80. The first-order chi connectivity index (χ1) is 18.6. The van der Waals surface area contributed by atoms with Crippen molar-refractivity contribution in [3.63, 3.8) is 0 Å². The quantitative estimate of drug-likeness (QED) is 0.195. The molecule has 5 nitrogen and oxygen atoms in total. The van der Waals surface area contributed by atoms with E-state index in [1.165, 1.54) is 0 Å². The minimum Gasteiger partial charge on any atom is -0.407 e. The van der Waals surface area contributed by atoms with Crippen LogP contribution in [0, 0.1) is 11.8 Å². The third-order valence-corrected chi connectivity index (χ3v) is 17.6. The zero-order valence-corrected chi connectivity index (χ0v) is 26.9. The van der Waals surface area contributed by atoms with E-state index >= 15 is 0 Å². The Kier molecular flexibility index (Phi) is 11.0.